The van der Waals surface area contributed by atoms with Gasteiger partial charge in [-0.25, -0.2) is 4.79 Å². The second-order valence-corrected chi connectivity index (χ2v) is 1.98. The topological polar surface area (TPSA) is 43.5 Å². The van der Waals surface area contributed by atoms with E-state index in [1.54, 1.807) is 6.07 Å². The summed E-state index contributed by atoms with van der Waals surface area (Å²) in [4.78, 5) is 17.7. The maximum Gasteiger partial charge on any atom is 0.380 e. The van der Waals surface area contributed by atoms with Crippen LogP contribution in [0, 0.1) is 6.57 Å². The molecule has 0 saturated carbocycles. The molecular formula is C8H6N2O2. The number of rotatable bonds is 1. The second-order valence-electron chi connectivity index (χ2n) is 1.98. The number of hydrogen-bond donors (Lipinski definition) is 0. The Morgan fingerprint density at radius 1 is 1.67 bits per heavy atom. The van der Waals surface area contributed by atoms with E-state index >= 15 is 0 Å². The van der Waals surface area contributed by atoms with Crippen molar-refractivity contribution in [1.29, 1.82) is 0 Å². The van der Waals surface area contributed by atoms with Gasteiger partial charge in [-0.3, -0.25) is 0 Å². The van der Waals surface area contributed by atoms with Crippen LogP contribution in [0.15, 0.2) is 18.2 Å². The summed E-state index contributed by atoms with van der Waals surface area (Å²) in [5.41, 5.74) is 0.158. The van der Waals surface area contributed by atoms with Crippen molar-refractivity contribution in [2.24, 2.45) is 0 Å². The predicted octanol–water partition coefficient (Wildman–Crippen LogP) is 1.42. The van der Waals surface area contributed by atoms with Gasteiger partial charge in [0, 0.05) is 0 Å². The molecule has 0 N–H and O–H groups in total. The van der Waals surface area contributed by atoms with E-state index in [9.17, 15) is 4.79 Å². The highest BCUT2D eigenvalue weighted by Gasteiger charge is 2.10. The van der Waals surface area contributed by atoms with Crippen LogP contribution in [0.2, 0.25) is 0 Å². The Labute approximate surface area is 69.6 Å². The maximum atomic E-state index is 10.9. The van der Waals surface area contributed by atoms with Crippen LogP contribution in [0.25, 0.3) is 4.85 Å². The molecule has 1 aromatic heterocycles. The van der Waals surface area contributed by atoms with Crippen LogP contribution in [0.5, 0.6) is 0 Å². The fourth-order valence-corrected chi connectivity index (χ4v) is 0.704. The summed E-state index contributed by atoms with van der Waals surface area (Å²) in [5, 5.41) is 0. The van der Waals surface area contributed by atoms with Crippen LogP contribution in [0.3, 0.4) is 0 Å². The number of carbonyl (C=O) groups excluding carboxylic acids is 1. The zero-order chi connectivity index (χ0) is 8.97. The van der Waals surface area contributed by atoms with E-state index in [0.29, 0.717) is 0 Å². The quantitative estimate of drug-likeness (QED) is 0.463. The lowest BCUT2D eigenvalue weighted by Gasteiger charge is -1.93. The lowest BCUT2D eigenvalue weighted by Crippen LogP contribution is -2.02. The van der Waals surface area contributed by atoms with E-state index in [4.69, 9.17) is 6.57 Å². The Morgan fingerprint density at radius 2 is 2.42 bits per heavy atom. The normalized spacial score (nSPS) is 8.67. The lowest BCUT2D eigenvalue weighted by molar-refractivity contribution is 0.0594. The highest BCUT2D eigenvalue weighted by Crippen LogP contribution is 2.08. The molecule has 0 radical (unpaired) electrons. The van der Waals surface area contributed by atoms with Crippen molar-refractivity contribution in [1.82, 2.24) is 4.98 Å². The van der Waals surface area contributed by atoms with E-state index in [1.165, 1.54) is 19.2 Å². The number of hydrogen-bond acceptors (Lipinski definition) is 3. The molecule has 4 heteroatoms. The summed E-state index contributed by atoms with van der Waals surface area (Å²) >= 11 is 0. The molecule has 60 valence electrons. The van der Waals surface area contributed by atoms with Gasteiger partial charge in [0.25, 0.3) is 5.82 Å². The summed E-state index contributed by atoms with van der Waals surface area (Å²) in [6.45, 7) is 6.65. The molecule has 0 aliphatic carbocycles. The first-order valence-corrected chi connectivity index (χ1v) is 3.20. The lowest BCUT2D eigenvalue weighted by atomic mass is 10.3. The third-order valence-electron chi connectivity index (χ3n) is 1.24. The molecule has 0 fully saturated rings. The molecule has 0 aliphatic rings. The minimum atomic E-state index is -0.527. The van der Waals surface area contributed by atoms with Crippen molar-refractivity contribution in [3.63, 3.8) is 0 Å². The predicted molar refractivity (Wildman–Crippen MR) is 41.8 cm³/mol. The monoisotopic (exact) mass is 162 g/mol. The van der Waals surface area contributed by atoms with Gasteiger partial charge in [-0.15, -0.1) is 4.98 Å². The molecule has 4 nitrogen and oxygen atoms in total. The third-order valence-corrected chi connectivity index (χ3v) is 1.24. The molecule has 0 aliphatic heterocycles. The van der Waals surface area contributed by atoms with E-state index in [-0.39, 0.29) is 11.5 Å². The zero-order valence-corrected chi connectivity index (χ0v) is 6.44. The minimum Gasteiger partial charge on any atom is -0.463 e. The van der Waals surface area contributed by atoms with Crippen LogP contribution in [0.4, 0.5) is 5.82 Å². The molecular weight excluding hydrogens is 156 g/mol. The smallest absolute Gasteiger partial charge is 0.380 e. The third kappa shape index (κ3) is 1.58. The second kappa shape index (κ2) is 3.49. The Morgan fingerprint density at radius 3 is 3.00 bits per heavy atom. The largest absolute Gasteiger partial charge is 0.463 e. The molecule has 0 amide bonds. The molecule has 0 saturated heterocycles. The highest BCUT2D eigenvalue weighted by atomic mass is 16.5. The van der Waals surface area contributed by atoms with E-state index in [0.717, 1.165) is 0 Å². The number of methoxy groups -OCH3 is 1. The number of esters is 1. The molecule has 0 unspecified atom stereocenters. The first-order chi connectivity index (χ1) is 5.77. The van der Waals surface area contributed by atoms with Crippen molar-refractivity contribution >= 4 is 11.8 Å². The molecule has 0 spiro atoms. The Kier molecular flexibility index (Phi) is 2.38. The van der Waals surface area contributed by atoms with Gasteiger partial charge in [-0.05, 0) is 12.1 Å². The van der Waals surface area contributed by atoms with Gasteiger partial charge in [0.05, 0.1) is 7.11 Å². The van der Waals surface area contributed by atoms with Gasteiger partial charge >= 0.3 is 5.97 Å². The van der Waals surface area contributed by atoms with Gasteiger partial charge in [-0.2, -0.15) is 0 Å². The molecule has 1 rings (SSSR count). The van der Waals surface area contributed by atoms with Crippen molar-refractivity contribution in [3.05, 3.63) is 35.3 Å². The van der Waals surface area contributed by atoms with Gasteiger partial charge < -0.3 is 9.58 Å². The first-order valence-electron chi connectivity index (χ1n) is 3.20. The SMILES string of the molecule is [C-]#[N+]c1cccc(C(=O)OC)n1. The fourth-order valence-electron chi connectivity index (χ4n) is 0.704. The van der Waals surface area contributed by atoms with Gasteiger partial charge in [0.15, 0.2) is 0 Å². The summed E-state index contributed by atoms with van der Waals surface area (Å²) in [6.07, 6.45) is 0. The van der Waals surface area contributed by atoms with Crippen LogP contribution >= 0.6 is 0 Å². The van der Waals surface area contributed by atoms with Crippen molar-refractivity contribution in [2.75, 3.05) is 7.11 Å². The molecule has 0 aromatic carbocycles. The summed E-state index contributed by atoms with van der Waals surface area (Å²) in [5.74, 6) is -0.335. The summed E-state index contributed by atoms with van der Waals surface area (Å²) in [6, 6.07) is 4.62. The van der Waals surface area contributed by atoms with Gasteiger partial charge in [-0.1, -0.05) is 12.6 Å². The fraction of sp³-hybridized carbons (Fsp3) is 0.125. The summed E-state index contributed by atoms with van der Waals surface area (Å²) < 4.78 is 4.43. The number of nitrogens with zero attached hydrogens (tertiary/aromatic N) is 2. The Hall–Kier alpha value is -1.89. The van der Waals surface area contributed by atoms with E-state index in [1.807, 2.05) is 0 Å². The molecule has 0 bridgehead atoms. The average molecular weight is 162 g/mol. The Balaban J connectivity index is 3.04. The highest BCUT2D eigenvalue weighted by molar-refractivity contribution is 5.87. The van der Waals surface area contributed by atoms with E-state index in [2.05, 4.69) is 14.6 Å². The number of aromatic nitrogens is 1. The van der Waals surface area contributed by atoms with Crippen molar-refractivity contribution < 1.29 is 9.53 Å². The number of ether oxygens (including phenoxy) is 1. The van der Waals surface area contributed by atoms with Crippen LogP contribution < -0.4 is 0 Å². The van der Waals surface area contributed by atoms with Gasteiger partial charge in [0.1, 0.15) is 0 Å². The average Bonchev–Trinajstić information content (AvgIpc) is 2.17. The van der Waals surface area contributed by atoms with Crippen LogP contribution in [0.1, 0.15) is 10.5 Å². The first kappa shape index (κ1) is 8.21. The maximum absolute atomic E-state index is 10.9. The molecule has 0 atom stereocenters. The number of pyridine rings is 1. The van der Waals surface area contributed by atoms with Gasteiger partial charge in [0.2, 0.25) is 5.69 Å². The number of carbonyl (C=O) groups is 1. The van der Waals surface area contributed by atoms with Crippen LogP contribution in [-0.4, -0.2) is 18.1 Å². The van der Waals surface area contributed by atoms with E-state index < -0.39 is 5.97 Å². The minimum absolute atomic E-state index is 0.158. The Bertz CT molecular complexity index is 341. The summed E-state index contributed by atoms with van der Waals surface area (Å²) in [7, 11) is 1.27. The molecule has 12 heavy (non-hydrogen) atoms. The van der Waals surface area contributed by atoms with Crippen LogP contribution in [-0.2, 0) is 4.74 Å². The van der Waals surface area contributed by atoms with Crippen molar-refractivity contribution in [2.45, 2.75) is 0 Å². The zero-order valence-electron chi connectivity index (χ0n) is 6.44. The molecule has 1 heterocycles. The standard InChI is InChI=1S/C8H6N2O2/c1-9-7-5-3-4-6(10-7)8(11)12-2/h3-5H,2H3. The van der Waals surface area contributed by atoms with Crippen molar-refractivity contribution in [3.8, 4) is 0 Å². The molecule has 1 aromatic rings.